The first kappa shape index (κ1) is 20.1. The van der Waals surface area contributed by atoms with Crippen LogP contribution in [0.15, 0.2) is 12.1 Å². The fraction of sp³-hybridized carbons (Fsp3) is 0.400. The number of nitro groups is 3. The second-order valence-electron chi connectivity index (χ2n) is 3.80. The molecule has 0 aliphatic heterocycles. The number of phenols is 1. The molecule has 0 amide bonds. The molecule has 23 heavy (non-hydrogen) atoms. The van der Waals surface area contributed by atoms with Crippen molar-refractivity contribution in [3.63, 3.8) is 0 Å². The molecule has 0 radical (unpaired) electrons. The third-order valence-electron chi connectivity index (χ3n) is 2.24. The van der Waals surface area contributed by atoms with E-state index in [1.807, 2.05) is 0 Å². The highest BCUT2D eigenvalue weighted by atomic mass is 16.6. The number of nitro benzene ring substituents is 3. The molecule has 0 aliphatic carbocycles. The summed E-state index contributed by atoms with van der Waals surface area (Å²) < 4.78 is 0. The molecule has 0 saturated carbocycles. The first-order valence-electron chi connectivity index (χ1n) is 5.98. The largest absolute Gasteiger partial charge is 0.497 e. The van der Waals surface area contributed by atoms with Crippen molar-refractivity contribution < 1.29 is 30.1 Å². The van der Waals surface area contributed by atoms with E-state index < -0.39 is 37.6 Å². The number of rotatable bonds is 7. The lowest BCUT2D eigenvalue weighted by Gasteiger charge is -1.97. The fourth-order valence-electron chi connectivity index (χ4n) is 1.26. The van der Waals surface area contributed by atoms with Crippen LogP contribution in [0.25, 0.3) is 0 Å². The van der Waals surface area contributed by atoms with E-state index in [-0.39, 0.29) is 13.2 Å². The van der Waals surface area contributed by atoms with E-state index in [2.05, 4.69) is 5.32 Å². The summed E-state index contributed by atoms with van der Waals surface area (Å²) in [4.78, 5) is 27.8. The van der Waals surface area contributed by atoms with Crippen molar-refractivity contribution in [1.29, 1.82) is 0 Å². The summed E-state index contributed by atoms with van der Waals surface area (Å²) >= 11 is 0. The van der Waals surface area contributed by atoms with Crippen LogP contribution in [0.4, 0.5) is 17.1 Å². The van der Waals surface area contributed by atoms with E-state index in [4.69, 9.17) is 15.3 Å². The molecule has 0 aromatic heterocycles. The normalized spacial score (nSPS) is 9.65. The van der Waals surface area contributed by atoms with Crippen LogP contribution >= 0.6 is 0 Å². The van der Waals surface area contributed by atoms with Crippen LogP contribution in [0.3, 0.4) is 0 Å². The highest BCUT2D eigenvalue weighted by molar-refractivity contribution is 5.64. The van der Waals surface area contributed by atoms with Crippen molar-refractivity contribution in [2.75, 3.05) is 26.3 Å². The Morgan fingerprint density at radius 1 is 0.870 bits per heavy atom. The first-order valence-corrected chi connectivity index (χ1v) is 5.98. The number of hydrogen-bond donors (Lipinski definition) is 4. The Morgan fingerprint density at radius 2 is 1.26 bits per heavy atom. The van der Waals surface area contributed by atoms with Gasteiger partial charge in [-0.1, -0.05) is 0 Å². The first-order chi connectivity index (χ1) is 10.8. The molecule has 13 heteroatoms. The quantitative estimate of drug-likeness (QED) is 0.290. The molecule has 0 saturated heterocycles. The topological polar surface area (TPSA) is 202 Å². The Balaban J connectivity index is 0.000000585. The number of benzene rings is 1. The van der Waals surface area contributed by atoms with Crippen LogP contribution in [-0.2, 0) is 0 Å². The zero-order valence-corrected chi connectivity index (χ0v) is 11.6. The van der Waals surface area contributed by atoms with Crippen molar-refractivity contribution in [1.82, 2.24) is 5.32 Å². The number of nitrogens with one attached hydrogen (secondary N) is 1. The summed E-state index contributed by atoms with van der Waals surface area (Å²) in [5, 5.41) is 59.3. The molecule has 1 aromatic rings. The summed E-state index contributed by atoms with van der Waals surface area (Å²) in [7, 11) is 0. The van der Waals surface area contributed by atoms with Gasteiger partial charge in [-0.25, -0.2) is 0 Å². The maximum absolute atomic E-state index is 10.4. The Bertz CT molecular complexity index is 538. The number of non-ortho nitro benzene ring substituents is 1. The Labute approximate surface area is 128 Å². The molecule has 0 unspecified atom stereocenters. The minimum absolute atomic E-state index is 0.139. The molecule has 0 heterocycles. The molecular formula is C10H14N4O9. The third kappa shape index (κ3) is 6.60. The molecule has 1 aromatic carbocycles. The van der Waals surface area contributed by atoms with E-state index in [0.717, 1.165) is 0 Å². The average Bonchev–Trinajstić information content (AvgIpc) is 2.47. The van der Waals surface area contributed by atoms with Gasteiger partial charge in [0.05, 0.1) is 40.1 Å². The van der Waals surface area contributed by atoms with Crippen molar-refractivity contribution in [2.24, 2.45) is 0 Å². The van der Waals surface area contributed by atoms with Crippen molar-refractivity contribution in [3.05, 3.63) is 42.5 Å². The lowest BCUT2D eigenvalue weighted by molar-refractivity contribution is -0.404. The smallest absolute Gasteiger partial charge is 0.324 e. The van der Waals surface area contributed by atoms with Crippen molar-refractivity contribution in [3.8, 4) is 5.75 Å². The maximum atomic E-state index is 10.4. The molecular weight excluding hydrogens is 320 g/mol. The monoisotopic (exact) mass is 334 g/mol. The van der Waals surface area contributed by atoms with Gasteiger partial charge >= 0.3 is 11.4 Å². The zero-order valence-electron chi connectivity index (χ0n) is 11.6. The second kappa shape index (κ2) is 9.93. The van der Waals surface area contributed by atoms with Gasteiger partial charge in [-0.15, -0.1) is 0 Å². The molecule has 0 spiro atoms. The number of aromatic hydroxyl groups is 1. The molecule has 0 bridgehead atoms. The van der Waals surface area contributed by atoms with E-state index in [0.29, 0.717) is 25.2 Å². The average molecular weight is 334 g/mol. The molecule has 1 rings (SSSR count). The third-order valence-corrected chi connectivity index (χ3v) is 2.24. The van der Waals surface area contributed by atoms with E-state index in [1.54, 1.807) is 0 Å². The molecule has 128 valence electrons. The van der Waals surface area contributed by atoms with Crippen molar-refractivity contribution in [2.45, 2.75) is 0 Å². The SMILES string of the molecule is O=[N+]([O-])c1cc([N+](=O)[O-])c(O)c([N+](=O)[O-])c1.OCCNCCO. The zero-order chi connectivity index (χ0) is 18.0. The van der Waals surface area contributed by atoms with Gasteiger partial charge < -0.3 is 20.6 Å². The van der Waals surface area contributed by atoms with Crippen LogP contribution in [0, 0.1) is 30.3 Å². The van der Waals surface area contributed by atoms with Crippen LogP contribution in [0.2, 0.25) is 0 Å². The second-order valence-corrected chi connectivity index (χ2v) is 3.80. The number of nitrogens with zero attached hydrogens (tertiary/aromatic N) is 3. The number of aliphatic hydroxyl groups excluding tert-OH is 2. The number of aliphatic hydroxyl groups is 2. The van der Waals surface area contributed by atoms with Crippen LogP contribution in [0.5, 0.6) is 5.75 Å². The summed E-state index contributed by atoms with van der Waals surface area (Å²) in [6.07, 6.45) is 0. The minimum atomic E-state index is -1.21. The van der Waals surface area contributed by atoms with Gasteiger partial charge in [0, 0.05) is 13.1 Å². The predicted molar refractivity (Wildman–Crippen MR) is 75.1 cm³/mol. The lowest BCUT2D eigenvalue weighted by atomic mass is 10.2. The van der Waals surface area contributed by atoms with E-state index in [1.165, 1.54) is 0 Å². The maximum Gasteiger partial charge on any atom is 0.324 e. The highest BCUT2D eigenvalue weighted by Gasteiger charge is 2.30. The van der Waals surface area contributed by atoms with Gasteiger partial charge in [-0.2, -0.15) is 0 Å². The minimum Gasteiger partial charge on any atom is -0.497 e. The molecule has 4 N–H and O–H groups in total. The molecule has 0 atom stereocenters. The van der Waals surface area contributed by atoms with Gasteiger partial charge in [-0.05, 0) is 0 Å². The van der Waals surface area contributed by atoms with Gasteiger partial charge in [0.25, 0.3) is 11.4 Å². The Kier molecular flexibility index (Phi) is 8.68. The van der Waals surface area contributed by atoms with Gasteiger partial charge in [0.15, 0.2) is 0 Å². The number of hydrogen-bond acceptors (Lipinski definition) is 10. The predicted octanol–water partition coefficient (Wildman–Crippen LogP) is -0.323. The summed E-state index contributed by atoms with van der Waals surface area (Å²) in [6, 6.07) is 0.894. The van der Waals surface area contributed by atoms with Crippen LogP contribution in [0.1, 0.15) is 0 Å². The fourth-order valence-corrected chi connectivity index (χ4v) is 1.26. The molecule has 0 aliphatic rings. The standard InChI is InChI=1S/C6H3N3O7.C4H11NO2/c10-6-4(8(13)14)1-3(7(11)12)2-5(6)9(15)16;6-3-1-5-2-4-7/h1-2,10H;5-7H,1-4H2. The van der Waals surface area contributed by atoms with E-state index in [9.17, 15) is 30.3 Å². The summed E-state index contributed by atoms with van der Waals surface area (Å²) in [5.74, 6) is -1.21. The van der Waals surface area contributed by atoms with Gasteiger partial charge in [-0.3, -0.25) is 30.3 Å². The molecule has 0 fully saturated rings. The summed E-state index contributed by atoms with van der Waals surface area (Å²) in [5.41, 5.74) is -3.00. The van der Waals surface area contributed by atoms with Crippen LogP contribution in [-0.4, -0.2) is 56.4 Å². The lowest BCUT2D eigenvalue weighted by Crippen LogP contribution is -2.21. The van der Waals surface area contributed by atoms with Gasteiger partial charge in [0.2, 0.25) is 0 Å². The van der Waals surface area contributed by atoms with Crippen molar-refractivity contribution >= 4 is 17.1 Å². The van der Waals surface area contributed by atoms with Crippen LogP contribution < -0.4 is 5.32 Å². The van der Waals surface area contributed by atoms with Gasteiger partial charge in [0.1, 0.15) is 0 Å². The highest BCUT2D eigenvalue weighted by Crippen LogP contribution is 2.38. The number of phenolic OH excluding ortho intramolecular Hbond substituents is 1. The Morgan fingerprint density at radius 3 is 1.52 bits per heavy atom. The Hall–Kier alpha value is -2.90. The summed E-state index contributed by atoms with van der Waals surface area (Å²) in [6.45, 7) is 1.42. The van der Waals surface area contributed by atoms with E-state index >= 15 is 0 Å². The molecule has 13 nitrogen and oxygen atoms in total.